The normalized spacial score (nSPS) is 17.5. The molecule has 6 heteroatoms. The Morgan fingerprint density at radius 1 is 1.11 bits per heavy atom. The summed E-state index contributed by atoms with van der Waals surface area (Å²) in [5.41, 5.74) is 9.06. The first kappa shape index (κ1) is 19.7. The highest BCUT2D eigenvalue weighted by Gasteiger charge is 2.15. The summed E-state index contributed by atoms with van der Waals surface area (Å²) in [4.78, 5) is 4.40. The van der Waals surface area contributed by atoms with Crippen molar-refractivity contribution in [1.82, 2.24) is 5.32 Å². The van der Waals surface area contributed by atoms with Crippen LogP contribution in [0.5, 0.6) is 0 Å². The molecule has 2 aromatic rings. The Morgan fingerprint density at radius 3 is 2.59 bits per heavy atom. The Bertz CT molecular complexity index is 721. The number of amidine groups is 1. The zero-order chi connectivity index (χ0) is 18.9. The van der Waals surface area contributed by atoms with Crippen LogP contribution in [0.15, 0.2) is 59.6 Å². The summed E-state index contributed by atoms with van der Waals surface area (Å²) in [7, 11) is 0. The number of hydrogen-bond acceptors (Lipinski definition) is 6. The van der Waals surface area contributed by atoms with Gasteiger partial charge in [-0.2, -0.15) is 0 Å². The lowest BCUT2D eigenvalue weighted by Gasteiger charge is -2.12. The summed E-state index contributed by atoms with van der Waals surface area (Å²) in [6.45, 7) is 2.31. The average Bonchev–Trinajstić information content (AvgIpc) is 3.12. The Labute approximate surface area is 165 Å². The fourth-order valence-corrected chi connectivity index (χ4v) is 3.85. The van der Waals surface area contributed by atoms with Gasteiger partial charge in [0.15, 0.2) is 5.17 Å². The molecule has 0 radical (unpaired) electrons. The summed E-state index contributed by atoms with van der Waals surface area (Å²) >= 11 is 1.64. The van der Waals surface area contributed by atoms with Gasteiger partial charge in [0.2, 0.25) is 0 Å². The van der Waals surface area contributed by atoms with Crippen molar-refractivity contribution in [3.63, 3.8) is 0 Å². The zero-order valence-electron chi connectivity index (χ0n) is 15.5. The number of nitrogens with one attached hydrogen (secondary N) is 2. The number of aliphatic hydroxyl groups excluding tert-OH is 1. The molecule has 3 rings (SSSR count). The van der Waals surface area contributed by atoms with Gasteiger partial charge in [0.1, 0.15) is 0 Å². The maximum Gasteiger partial charge on any atom is 0.154 e. The third kappa shape index (κ3) is 6.57. The molecule has 0 saturated carbocycles. The lowest BCUT2D eigenvalue weighted by atomic mass is 10.1. The summed E-state index contributed by atoms with van der Waals surface area (Å²) in [6.07, 6.45) is 1.48. The molecule has 1 unspecified atom stereocenters. The molecule has 0 bridgehead atoms. The van der Waals surface area contributed by atoms with Crippen LogP contribution in [0.1, 0.15) is 23.7 Å². The van der Waals surface area contributed by atoms with E-state index in [4.69, 9.17) is 5.73 Å². The average molecular weight is 385 g/mol. The van der Waals surface area contributed by atoms with Crippen molar-refractivity contribution in [2.45, 2.75) is 25.0 Å². The van der Waals surface area contributed by atoms with Crippen molar-refractivity contribution >= 4 is 22.6 Å². The maximum absolute atomic E-state index is 10.1. The van der Waals surface area contributed by atoms with Gasteiger partial charge in [-0.15, -0.1) is 0 Å². The van der Waals surface area contributed by atoms with Crippen molar-refractivity contribution in [2.24, 2.45) is 10.7 Å². The van der Waals surface area contributed by atoms with Gasteiger partial charge < -0.3 is 21.5 Å². The number of nitrogens with zero attached hydrogens (tertiary/aromatic N) is 1. The largest absolute Gasteiger partial charge is 0.387 e. The quantitative estimate of drug-likeness (QED) is 0.474. The second kappa shape index (κ2) is 10.3. The minimum absolute atomic E-state index is 0.346. The second-order valence-electron chi connectivity index (χ2n) is 6.73. The van der Waals surface area contributed by atoms with Gasteiger partial charge in [0.25, 0.3) is 0 Å². The number of benzene rings is 2. The molecular formula is C21H28N4OS. The summed E-state index contributed by atoms with van der Waals surface area (Å²) in [6, 6.07) is 18.6. The molecule has 0 aliphatic carbocycles. The lowest BCUT2D eigenvalue weighted by molar-refractivity contribution is 0.175. The number of hydrogen-bond donors (Lipinski definition) is 4. The third-order valence-corrected chi connectivity index (χ3v) is 5.56. The Hall–Kier alpha value is -2.02. The van der Waals surface area contributed by atoms with E-state index < -0.39 is 6.10 Å². The van der Waals surface area contributed by atoms with Gasteiger partial charge in [-0.05, 0) is 42.6 Å². The van der Waals surface area contributed by atoms with Crippen LogP contribution >= 0.6 is 11.8 Å². The van der Waals surface area contributed by atoms with Crippen molar-refractivity contribution in [2.75, 3.05) is 30.7 Å². The summed E-state index contributed by atoms with van der Waals surface area (Å²) < 4.78 is 0. The van der Waals surface area contributed by atoms with E-state index in [1.807, 2.05) is 30.3 Å². The van der Waals surface area contributed by atoms with Crippen LogP contribution in [0.25, 0.3) is 0 Å². The van der Waals surface area contributed by atoms with Crippen LogP contribution in [0.3, 0.4) is 0 Å². The number of rotatable bonds is 10. The van der Waals surface area contributed by atoms with Gasteiger partial charge in [-0.1, -0.05) is 54.2 Å². The van der Waals surface area contributed by atoms with Gasteiger partial charge >= 0.3 is 0 Å². The fourth-order valence-electron chi connectivity index (χ4n) is 3.02. The smallest absolute Gasteiger partial charge is 0.154 e. The van der Waals surface area contributed by atoms with E-state index in [2.05, 4.69) is 39.9 Å². The van der Waals surface area contributed by atoms with Gasteiger partial charge in [0, 0.05) is 24.5 Å². The number of nitrogens with two attached hydrogens (primary N) is 1. The zero-order valence-corrected chi connectivity index (χ0v) is 16.3. The standard InChI is InChI=1S/C21H28N4OS/c22-21-25-19(15-27-21)11-13-24-18-8-6-16(7-9-18)10-12-23-14-20(26)17-4-2-1-3-5-17/h1-9,19-20,23-24,26H,10-15H2,(H2,22,25)/t19?,20-/m0/s1. The molecule has 1 heterocycles. The molecule has 1 aliphatic rings. The van der Waals surface area contributed by atoms with Crippen molar-refractivity contribution in [1.29, 1.82) is 0 Å². The van der Waals surface area contributed by atoms with Crippen LogP contribution < -0.4 is 16.4 Å². The van der Waals surface area contributed by atoms with Gasteiger partial charge in [-0.3, -0.25) is 4.99 Å². The van der Waals surface area contributed by atoms with E-state index >= 15 is 0 Å². The highest BCUT2D eigenvalue weighted by Crippen LogP contribution is 2.18. The number of aliphatic imine (C=N–C) groups is 1. The first-order valence-electron chi connectivity index (χ1n) is 9.43. The van der Waals surface area contributed by atoms with Crippen LogP contribution in [0, 0.1) is 0 Å². The lowest BCUT2D eigenvalue weighted by Crippen LogP contribution is -2.23. The van der Waals surface area contributed by atoms with Gasteiger partial charge in [0.05, 0.1) is 12.1 Å². The van der Waals surface area contributed by atoms with Crippen LogP contribution in [-0.2, 0) is 6.42 Å². The fraction of sp³-hybridized carbons (Fsp3) is 0.381. The Morgan fingerprint density at radius 2 is 1.89 bits per heavy atom. The van der Waals surface area contributed by atoms with Crippen LogP contribution in [0.2, 0.25) is 0 Å². The number of aliphatic hydroxyl groups is 1. The van der Waals surface area contributed by atoms with Crippen LogP contribution in [0.4, 0.5) is 5.69 Å². The molecule has 0 amide bonds. The first-order chi connectivity index (χ1) is 13.2. The van der Waals surface area contributed by atoms with E-state index in [0.29, 0.717) is 17.8 Å². The molecule has 0 spiro atoms. The first-order valence-corrected chi connectivity index (χ1v) is 10.4. The Balaban J connectivity index is 1.32. The maximum atomic E-state index is 10.1. The van der Waals surface area contributed by atoms with E-state index in [1.54, 1.807) is 11.8 Å². The molecule has 0 fully saturated rings. The Kier molecular flexibility index (Phi) is 7.56. The molecule has 144 valence electrons. The van der Waals surface area contributed by atoms with Crippen molar-refractivity contribution in [3.05, 3.63) is 65.7 Å². The molecule has 2 aromatic carbocycles. The predicted molar refractivity (Wildman–Crippen MR) is 115 cm³/mol. The monoisotopic (exact) mass is 384 g/mol. The predicted octanol–water partition coefficient (Wildman–Crippen LogP) is 2.78. The third-order valence-electron chi connectivity index (χ3n) is 4.61. The molecule has 0 aromatic heterocycles. The minimum atomic E-state index is -0.462. The molecule has 27 heavy (non-hydrogen) atoms. The molecular weight excluding hydrogens is 356 g/mol. The minimum Gasteiger partial charge on any atom is -0.387 e. The van der Waals surface area contributed by atoms with Crippen molar-refractivity contribution < 1.29 is 5.11 Å². The second-order valence-corrected chi connectivity index (χ2v) is 7.77. The van der Waals surface area contributed by atoms with E-state index in [-0.39, 0.29) is 0 Å². The van der Waals surface area contributed by atoms with E-state index in [9.17, 15) is 5.11 Å². The highest BCUT2D eigenvalue weighted by atomic mass is 32.2. The molecule has 5 N–H and O–H groups in total. The summed E-state index contributed by atoms with van der Waals surface area (Å²) in [5, 5.41) is 17.6. The number of thioether (sulfide) groups is 1. The summed E-state index contributed by atoms with van der Waals surface area (Å²) in [5.74, 6) is 0.998. The van der Waals surface area contributed by atoms with Crippen LogP contribution in [-0.4, -0.2) is 41.7 Å². The molecule has 2 atom stereocenters. The van der Waals surface area contributed by atoms with E-state index in [1.165, 1.54) is 5.56 Å². The topological polar surface area (TPSA) is 82.7 Å². The highest BCUT2D eigenvalue weighted by molar-refractivity contribution is 8.14. The molecule has 0 saturated heterocycles. The van der Waals surface area contributed by atoms with E-state index in [0.717, 1.165) is 42.9 Å². The van der Waals surface area contributed by atoms with Crippen molar-refractivity contribution in [3.8, 4) is 0 Å². The van der Waals surface area contributed by atoms with Gasteiger partial charge in [-0.25, -0.2) is 0 Å². The molecule has 5 nitrogen and oxygen atoms in total. The number of anilines is 1. The SMILES string of the molecule is NC1=NC(CCNc2ccc(CCNC[C@H](O)c3ccccc3)cc2)CS1. The molecule has 1 aliphatic heterocycles.